The Morgan fingerprint density at radius 3 is 2.03 bits per heavy atom. The van der Waals surface area contributed by atoms with E-state index >= 15 is 0 Å². The SMILES string of the molecule is O=C1OC(CCO)C(OCc2ccc(F)c(Br)c2)=C1OCc1ccc(F)c(Br)c1. The van der Waals surface area contributed by atoms with Crippen LogP contribution >= 0.6 is 31.9 Å². The summed E-state index contributed by atoms with van der Waals surface area (Å²) in [5.41, 5.74) is 1.29. The van der Waals surface area contributed by atoms with E-state index < -0.39 is 23.7 Å². The minimum Gasteiger partial charge on any atom is -0.485 e. The largest absolute Gasteiger partial charge is 0.485 e. The van der Waals surface area contributed by atoms with Crippen LogP contribution in [0.15, 0.2) is 56.9 Å². The van der Waals surface area contributed by atoms with Crippen molar-refractivity contribution in [2.75, 3.05) is 6.61 Å². The average molecular weight is 534 g/mol. The molecule has 154 valence electrons. The van der Waals surface area contributed by atoms with Crippen molar-refractivity contribution < 1.29 is 32.9 Å². The fraction of sp³-hybridized carbons (Fsp3) is 0.250. The molecule has 1 heterocycles. The van der Waals surface area contributed by atoms with Crippen LogP contribution in [0.3, 0.4) is 0 Å². The van der Waals surface area contributed by atoms with Gasteiger partial charge in [-0.2, -0.15) is 0 Å². The first-order valence-corrected chi connectivity index (χ1v) is 10.2. The number of cyclic esters (lactones) is 1. The van der Waals surface area contributed by atoms with Gasteiger partial charge in [-0.15, -0.1) is 0 Å². The average Bonchev–Trinajstić information content (AvgIpc) is 2.98. The molecule has 1 atom stereocenters. The molecule has 1 aliphatic rings. The maximum atomic E-state index is 13.4. The lowest BCUT2D eigenvalue weighted by Gasteiger charge is -2.14. The van der Waals surface area contributed by atoms with Crippen molar-refractivity contribution in [1.82, 2.24) is 0 Å². The third-order valence-corrected chi connectivity index (χ3v) is 5.30. The van der Waals surface area contributed by atoms with Gasteiger partial charge in [0, 0.05) is 13.0 Å². The predicted molar refractivity (Wildman–Crippen MR) is 106 cm³/mol. The second-order valence-corrected chi connectivity index (χ2v) is 7.88. The normalized spacial score (nSPS) is 16.2. The number of carbonyl (C=O) groups is 1. The maximum Gasteiger partial charge on any atom is 0.378 e. The van der Waals surface area contributed by atoms with E-state index in [1.807, 2.05) is 0 Å². The molecular weight excluding hydrogens is 518 g/mol. The zero-order valence-corrected chi connectivity index (χ0v) is 18.1. The van der Waals surface area contributed by atoms with Crippen LogP contribution in [-0.2, 0) is 32.2 Å². The summed E-state index contributed by atoms with van der Waals surface area (Å²) >= 11 is 6.21. The number of hydrogen-bond donors (Lipinski definition) is 1. The lowest BCUT2D eigenvalue weighted by molar-refractivity contribution is -0.143. The fourth-order valence-electron chi connectivity index (χ4n) is 2.65. The molecule has 0 saturated carbocycles. The molecule has 1 aliphatic heterocycles. The highest BCUT2D eigenvalue weighted by atomic mass is 79.9. The van der Waals surface area contributed by atoms with E-state index in [9.17, 15) is 18.7 Å². The second kappa shape index (κ2) is 9.69. The van der Waals surface area contributed by atoms with E-state index in [2.05, 4.69) is 31.9 Å². The minimum atomic E-state index is -0.786. The van der Waals surface area contributed by atoms with Gasteiger partial charge in [-0.1, -0.05) is 12.1 Å². The quantitative estimate of drug-likeness (QED) is 0.496. The molecule has 2 aromatic carbocycles. The number of ether oxygens (including phenoxy) is 3. The first-order chi connectivity index (χ1) is 13.9. The number of aliphatic hydroxyl groups is 1. The number of rotatable bonds is 8. The molecule has 0 radical (unpaired) electrons. The molecule has 29 heavy (non-hydrogen) atoms. The summed E-state index contributed by atoms with van der Waals surface area (Å²) < 4.78 is 43.9. The molecule has 1 N–H and O–H groups in total. The number of esters is 1. The molecule has 0 aromatic heterocycles. The zero-order valence-electron chi connectivity index (χ0n) is 15.0. The highest BCUT2D eigenvalue weighted by Crippen LogP contribution is 2.29. The fourth-order valence-corrected chi connectivity index (χ4v) is 3.51. The summed E-state index contributed by atoms with van der Waals surface area (Å²) in [5, 5.41) is 9.23. The Kier molecular flexibility index (Phi) is 7.26. The van der Waals surface area contributed by atoms with Crippen molar-refractivity contribution >= 4 is 37.8 Å². The molecule has 1 unspecified atom stereocenters. The molecule has 0 fully saturated rings. The number of hydrogen-bond acceptors (Lipinski definition) is 5. The van der Waals surface area contributed by atoms with Gasteiger partial charge in [-0.25, -0.2) is 13.6 Å². The van der Waals surface area contributed by atoms with Crippen molar-refractivity contribution in [2.24, 2.45) is 0 Å². The van der Waals surface area contributed by atoms with Gasteiger partial charge in [0.25, 0.3) is 0 Å². The Bertz CT molecular complexity index is 948. The Hall–Kier alpha value is -1.97. The van der Waals surface area contributed by atoms with Crippen LogP contribution in [0.2, 0.25) is 0 Å². The monoisotopic (exact) mass is 532 g/mol. The summed E-state index contributed by atoms with van der Waals surface area (Å²) in [4.78, 5) is 12.2. The molecule has 9 heteroatoms. The summed E-state index contributed by atoms with van der Waals surface area (Å²) in [6.45, 7) is -0.184. The van der Waals surface area contributed by atoms with Crippen LogP contribution in [0.25, 0.3) is 0 Å². The van der Waals surface area contributed by atoms with Crippen LogP contribution in [0.4, 0.5) is 8.78 Å². The number of aliphatic hydroxyl groups excluding tert-OH is 1. The third kappa shape index (κ3) is 5.34. The number of carbonyl (C=O) groups excluding carboxylic acids is 1. The van der Waals surface area contributed by atoms with E-state index in [0.717, 1.165) is 0 Å². The van der Waals surface area contributed by atoms with Gasteiger partial charge in [-0.05, 0) is 67.3 Å². The first kappa shape index (κ1) is 21.7. The zero-order chi connectivity index (χ0) is 21.0. The highest BCUT2D eigenvalue weighted by Gasteiger charge is 2.37. The highest BCUT2D eigenvalue weighted by molar-refractivity contribution is 9.10. The Morgan fingerprint density at radius 1 is 0.966 bits per heavy atom. The van der Waals surface area contributed by atoms with Gasteiger partial charge in [-0.3, -0.25) is 0 Å². The van der Waals surface area contributed by atoms with Crippen molar-refractivity contribution in [2.45, 2.75) is 25.7 Å². The number of halogens is 4. The molecule has 0 saturated heterocycles. The maximum absolute atomic E-state index is 13.4. The third-order valence-electron chi connectivity index (χ3n) is 4.09. The lowest BCUT2D eigenvalue weighted by atomic mass is 10.2. The van der Waals surface area contributed by atoms with Crippen LogP contribution in [-0.4, -0.2) is 23.8 Å². The Labute approximate surface area is 182 Å². The van der Waals surface area contributed by atoms with Gasteiger partial charge >= 0.3 is 5.97 Å². The van der Waals surface area contributed by atoms with Crippen LogP contribution in [0.5, 0.6) is 0 Å². The summed E-state index contributed by atoms with van der Waals surface area (Å²) in [6, 6.07) is 8.76. The predicted octanol–water partition coefficient (Wildman–Crippen LogP) is 4.74. The van der Waals surface area contributed by atoms with E-state index in [-0.39, 0.29) is 46.7 Å². The van der Waals surface area contributed by atoms with Crippen LogP contribution in [0, 0.1) is 11.6 Å². The van der Waals surface area contributed by atoms with Crippen molar-refractivity contribution in [3.05, 3.63) is 79.6 Å². The van der Waals surface area contributed by atoms with E-state index in [1.54, 1.807) is 12.1 Å². The number of benzene rings is 2. The van der Waals surface area contributed by atoms with Gasteiger partial charge in [0.05, 0.1) is 8.95 Å². The van der Waals surface area contributed by atoms with Crippen molar-refractivity contribution in [1.29, 1.82) is 0 Å². The van der Waals surface area contributed by atoms with Gasteiger partial charge in [0.15, 0.2) is 11.9 Å². The summed E-state index contributed by atoms with van der Waals surface area (Å²) in [7, 11) is 0. The topological polar surface area (TPSA) is 65.0 Å². The Balaban J connectivity index is 1.77. The van der Waals surface area contributed by atoms with Crippen LogP contribution in [0.1, 0.15) is 17.5 Å². The minimum absolute atomic E-state index is 0.00981. The molecular formula is C20H16Br2F2O5. The molecule has 0 bridgehead atoms. The molecule has 0 amide bonds. The summed E-state index contributed by atoms with van der Waals surface area (Å²) in [6.07, 6.45) is -0.644. The smallest absolute Gasteiger partial charge is 0.378 e. The molecule has 2 aromatic rings. The van der Waals surface area contributed by atoms with Crippen molar-refractivity contribution in [3.63, 3.8) is 0 Å². The molecule has 0 spiro atoms. The molecule has 0 aliphatic carbocycles. The van der Waals surface area contributed by atoms with Gasteiger partial charge in [0.1, 0.15) is 24.8 Å². The van der Waals surface area contributed by atoms with Gasteiger partial charge in [0.2, 0.25) is 5.76 Å². The molecule has 3 rings (SSSR count). The first-order valence-electron chi connectivity index (χ1n) is 8.58. The lowest BCUT2D eigenvalue weighted by Crippen LogP contribution is -2.15. The van der Waals surface area contributed by atoms with E-state index in [4.69, 9.17) is 14.2 Å². The Morgan fingerprint density at radius 2 is 1.52 bits per heavy atom. The van der Waals surface area contributed by atoms with Crippen molar-refractivity contribution in [3.8, 4) is 0 Å². The van der Waals surface area contributed by atoms with E-state index in [1.165, 1.54) is 24.3 Å². The second-order valence-electron chi connectivity index (χ2n) is 6.17. The van der Waals surface area contributed by atoms with Gasteiger partial charge < -0.3 is 19.3 Å². The summed E-state index contributed by atoms with van der Waals surface area (Å²) in [5.74, 6) is -1.47. The standard InChI is InChI=1S/C20H16Br2F2O5/c21-13-7-11(1-3-15(13)23)9-27-18-17(5-6-25)29-20(26)19(18)28-10-12-2-4-16(24)14(22)8-12/h1-4,7-8,17,25H,5-6,9-10H2. The van der Waals surface area contributed by atoms with Crippen LogP contribution < -0.4 is 0 Å². The molecule has 5 nitrogen and oxygen atoms in total. The van der Waals surface area contributed by atoms with E-state index in [0.29, 0.717) is 11.1 Å².